The molecular formula is C28H31F3N6O4S. The number of halogens is 3. The summed E-state index contributed by atoms with van der Waals surface area (Å²) in [5, 5.41) is 37.9. The number of benzene rings is 1. The van der Waals surface area contributed by atoms with Crippen LogP contribution in [0.5, 0.6) is 5.75 Å². The molecule has 0 spiro atoms. The Bertz CT molecular complexity index is 1580. The number of fused-ring (bicyclic) bond motifs is 1. The summed E-state index contributed by atoms with van der Waals surface area (Å²) < 4.78 is 42.5. The highest BCUT2D eigenvalue weighted by molar-refractivity contribution is 7.21. The molecule has 1 aromatic carbocycles. The molecule has 10 nitrogen and oxygen atoms in total. The first-order valence-electron chi connectivity index (χ1n) is 13.3. The lowest BCUT2D eigenvalue weighted by Gasteiger charge is -2.22. The number of hydrogen-bond acceptors (Lipinski definition) is 11. The summed E-state index contributed by atoms with van der Waals surface area (Å²) in [4.78, 5) is 18.7. The first-order valence-corrected chi connectivity index (χ1v) is 14.1. The Hall–Kier alpha value is -3.59. The van der Waals surface area contributed by atoms with Gasteiger partial charge in [-0.2, -0.15) is 4.98 Å². The molecule has 5 atom stereocenters. The molecule has 1 aliphatic rings. The van der Waals surface area contributed by atoms with Crippen LogP contribution in [-0.4, -0.2) is 66.5 Å². The number of nitrogens with zero attached hydrogens (tertiary/aromatic N) is 4. The Morgan fingerprint density at radius 3 is 2.38 bits per heavy atom. The Balaban J connectivity index is 1.49. The lowest BCUT2D eigenvalue weighted by molar-refractivity contribution is -0.274. The van der Waals surface area contributed by atoms with E-state index in [0.29, 0.717) is 34.1 Å². The minimum atomic E-state index is -4.78. The fraction of sp³-hybridized carbons (Fsp3) is 0.429. The van der Waals surface area contributed by atoms with Crippen molar-refractivity contribution in [1.29, 1.82) is 0 Å². The zero-order valence-electron chi connectivity index (χ0n) is 23.3. The van der Waals surface area contributed by atoms with Crippen molar-refractivity contribution in [3.05, 3.63) is 53.0 Å². The van der Waals surface area contributed by atoms with Gasteiger partial charge in [-0.15, -0.1) is 24.5 Å². The van der Waals surface area contributed by atoms with Gasteiger partial charge in [-0.25, -0.2) is 9.97 Å². The summed E-state index contributed by atoms with van der Waals surface area (Å²) in [5.74, 6) is -0.202. The minimum Gasteiger partial charge on any atom is -0.406 e. The van der Waals surface area contributed by atoms with Crippen molar-refractivity contribution in [1.82, 2.24) is 19.9 Å². The van der Waals surface area contributed by atoms with Crippen LogP contribution in [0.1, 0.15) is 42.0 Å². The van der Waals surface area contributed by atoms with Crippen molar-refractivity contribution in [2.75, 3.05) is 17.2 Å². The number of nitrogens with one attached hydrogen (secondary N) is 2. The van der Waals surface area contributed by atoms with E-state index in [-0.39, 0.29) is 24.3 Å². The van der Waals surface area contributed by atoms with Crippen LogP contribution in [0.25, 0.3) is 20.8 Å². The molecule has 5 rings (SSSR count). The summed E-state index contributed by atoms with van der Waals surface area (Å²) in [5.41, 5.74) is 4.30. The van der Waals surface area contributed by atoms with E-state index in [1.807, 2.05) is 26.8 Å². The zero-order chi connectivity index (χ0) is 30.3. The van der Waals surface area contributed by atoms with E-state index < -0.39 is 30.5 Å². The lowest BCUT2D eigenvalue weighted by Crippen LogP contribution is -2.35. The number of thiazole rings is 1. The summed E-state index contributed by atoms with van der Waals surface area (Å²) in [6, 6.07) is 6.47. The number of aliphatic hydroxyl groups is 3. The van der Waals surface area contributed by atoms with Crippen LogP contribution >= 0.6 is 11.3 Å². The predicted octanol–water partition coefficient (Wildman–Crippen LogP) is 4.66. The Labute approximate surface area is 243 Å². The average Bonchev–Trinajstić information content (AvgIpc) is 3.44. The molecule has 3 heterocycles. The Morgan fingerprint density at radius 2 is 1.74 bits per heavy atom. The summed E-state index contributed by atoms with van der Waals surface area (Å²) in [7, 11) is 0. The fourth-order valence-corrected chi connectivity index (χ4v) is 6.40. The first kappa shape index (κ1) is 29.9. The third-order valence-corrected chi connectivity index (χ3v) is 8.32. The molecule has 0 bridgehead atoms. The Morgan fingerprint density at radius 1 is 1.02 bits per heavy atom. The van der Waals surface area contributed by atoms with Crippen molar-refractivity contribution in [2.24, 2.45) is 5.92 Å². The van der Waals surface area contributed by atoms with Gasteiger partial charge in [0.05, 0.1) is 39.8 Å². The van der Waals surface area contributed by atoms with E-state index in [1.165, 1.54) is 35.6 Å². The van der Waals surface area contributed by atoms with Crippen molar-refractivity contribution >= 4 is 33.3 Å². The van der Waals surface area contributed by atoms with Gasteiger partial charge in [-0.3, -0.25) is 4.98 Å². The molecule has 5 unspecified atom stereocenters. The van der Waals surface area contributed by atoms with Gasteiger partial charge in [-0.1, -0.05) is 12.1 Å². The van der Waals surface area contributed by atoms with E-state index >= 15 is 0 Å². The Kier molecular flexibility index (Phi) is 8.25. The topological polar surface area (TPSA) is 146 Å². The zero-order valence-corrected chi connectivity index (χ0v) is 24.1. The lowest BCUT2D eigenvalue weighted by atomic mass is 10.1. The van der Waals surface area contributed by atoms with Crippen LogP contribution in [0.15, 0.2) is 30.3 Å². The van der Waals surface area contributed by atoms with E-state index in [9.17, 15) is 28.5 Å². The van der Waals surface area contributed by atoms with Gasteiger partial charge in [0.15, 0.2) is 0 Å². The number of rotatable bonds is 8. The molecule has 14 heteroatoms. The second-order valence-electron chi connectivity index (χ2n) is 10.5. The van der Waals surface area contributed by atoms with E-state index in [4.69, 9.17) is 9.97 Å². The smallest absolute Gasteiger partial charge is 0.406 e. The standard InChI is InChI=1S/C28H31F3N6O4S/c1-12-9-20-22(15(4)32-12)36-26(42-20)21-14(3)34-27(37-25(21)35-19-10-17(11-38)23(39)24(19)40)33-13(2)16-5-7-18(8-6-16)41-28(29,30)31/h5-9,13,17,19,23-24,38-40H,10-11H2,1-4H3,(H2,33,34,35,37). The number of aromatic nitrogens is 4. The van der Waals surface area contributed by atoms with Crippen LogP contribution in [0.4, 0.5) is 24.9 Å². The van der Waals surface area contributed by atoms with Gasteiger partial charge in [0, 0.05) is 18.2 Å². The minimum absolute atomic E-state index is 0.239. The summed E-state index contributed by atoms with van der Waals surface area (Å²) in [6.07, 6.45) is -6.70. The molecule has 3 aromatic heterocycles. The van der Waals surface area contributed by atoms with Gasteiger partial charge in [0.25, 0.3) is 0 Å². The molecule has 0 aliphatic heterocycles. The number of ether oxygens (including phenoxy) is 1. The normalized spacial score (nSPS) is 21.5. The third kappa shape index (κ3) is 6.26. The van der Waals surface area contributed by atoms with Gasteiger partial charge in [-0.05, 0) is 57.9 Å². The van der Waals surface area contributed by atoms with Crippen LogP contribution in [0, 0.1) is 26.7 Å². The van der Waals surface area contributed by atoms with Crippen molar-refractivity contribution in [3.8, 4) is 16.3 Å². The first-order chi connectivity index (χ1) is 19.8. The van der Waals surface area contributed by atoms with Gasteiger partial charge < -0.3 is 30.7 Å². The van der Waals surface area contributed by atoms with Gasteiger partial charge in [0.1, 0.15) is 28.2 Å². The molecule has 4 aromatic rings. The maximum Gasteiger partial charge on any atom is 0.573 e. The molecule has 1 saturated carbocycles. The van der Waals surface area contributed by atoms with E-state index in [1.54, 1.807) is 6.92 Å². The third-order valence-electron chi connectivity index (χ3n) is 7.30. The molecule has 0 radical (unpaired) electrons. The number of aliphatic hydroxyl groups excluding tert-OH is 3. The highest BCUT2D eigenvalue weighted by Crippen LogP contribution is 2.39. The SMILES string of the molecule is Cc1cc2sc(-c3c(C)nc(NC(C)c4ccc(OC(F)(F)F)cc4)nc3NC3CC(CO)C(O)C3O)nc2c(C)n1. The number of pyridine rings is 1. The molecule has 224 valence electrons. The molecule has 0 amide bonds. The van der Waals surface area contributed by atoms with Crippen molar-refractivity contribution < 1.29 is 33.2 Å². The molecular weight excluding hydrogens is 573 g/mol. The van der Waals surface area contributed by atoms with Gasteiger partial charge >= 0.3 is 6.36 Å². The van der Waals surface area contributed by atoms with Crippen LogP contribution < -0.4 is 15.4 Å². The number of alkyl halides is 3. The quantitative estimate of drug-likeness (QED) is 0.193. The maximum atomic E-state index is 12.5. The second kappa shape index (κ2) is 11.6. The second-order valence-corrected chi connectivity index (χ2v) is 11.5. The van der Waals surface area contributed by atoms with Gasteiger partial charge in [0.2, 0.25) is 5.95 Å². The largest absolute Gasteiger partial charge is 0.573 e. The number of hydrogen-bond donors (Lipinski definition) is 5. The van der Waals surface area contributed by atoms with Crippen LogP contribution in [0.3, 0.4) is 0 Å². The molecule has 5 N–H and O–H groups in total. The molecule has 1 aliphatic carbocycles. The van der Waals surface area contributed by atoms with Crippen LogP contribution in [-0.2, 0) is 0 Å². The number of anilines is 2. The molecule has 42 heavy (non-hydrogen) atoms. The van der Waals surface area contributed by atoms with Crippen molar-refractivity contribution in [2.45, 2.75) is 64.8 Å². The average molecular weight is 605 g/mol. The van der Waals surface area contributed by atoms with E-state index in [0.717, 1.165) is 21.6 Å². The predicted molar refractivity (Wildman–Crippen MR) is 152 cm³/mol. The highest BCUT2D eigenvalue weighted by atomic mass is 32.1. The number of aryl methyl sites for hydroxylation is 3. The van der Waals surface area contributed by atoms with E-state index in [2.05, 4.69) is 25.3 Å². The fourth-order valence-electron chi connectivity index (χ4n) is 5.19. The summed E-state index contributed by atoms with van der Waals surface area (Å²) in [6.45, 7) is 7.15. The van der Waals surface area contributed by atoms with Crippen LogP contribution in [0.2, 0.25) is 0 Å². The summed E-state index contributed by atoms with van der Waals surface area (Å²) >= 11 is 1.46. The highest BCUT2D eigenvalue weighted by Gasteiger charge is 2.41. The molecule has 1 fully saturated rings. The monoisotopic (exact) mass is 604 g/mol. The van der Waals surface area contributed by atoms with Crippen molar-refractivity contribution in [3.63, 3.8) is 0 Å². The molecule has 0 saturated heterocycles. The maximum absolute atomic E-state index is 12.5.